The van der Waals surface area contributed by atoms with Crippen molar-refractivity contribution in [3.8, 4) is 11.8 Å². The van der Waals surface area contributed by atoms with E-state index in [-0.39, 0.29) is 5.92 Å². The molecule has 2 heterocycles. The molecule has 3 atom stereocenters. The van der Waals surface area contributed by atoms with Gasteiger partial charge in [0.25, 0.3) is 0 Å². The molecule has 7 nitrogen and oxygen atoms in total. The molecule has 0 radical (unpaired) electrons. The second-order valence-corrected chi connectivity index (χ2v) is 10.4. The van der Waals surface area contributed by atoms with Crippen molar-refractivity contribution in [3.05, 3.63) is 71.4 Å². The van der Waals surface area contributed by atoms with Crippen LogP contribution in [0.25, 0.3) is 10.9 Å². The first-order valence-corrected chi connectivity index (χ1v) is 13.0. The average molecular weight is 500 g/mol. The number of aliphatic carboxylic acids is 1. The van der Waals surface area contributed by atoms with Crippen molar-refractivity contribution >= 4 is 16.9 Å². The summed E-state index contributed by atoms with van der Waals surface area (Å²) in [6, 6.07) is 17.9. The van der Waals surface area contributed by atoms with Crippen LogP contribution in [0.1, 0.15) is 60.8 Å². The summed E-state index contributed by atoms with van der Waals surface area (Å²) in [6.07, 6.45) is 5.00. The number of likely N-dealkylation sites (tertiary alicyclic amines) is 1. The third kappa shape index (κ3) is 5.31. The van der Waals surface area contributed by atoms with Crippen LogP contribution < -0.4 is 4.74 Å². The molecule has 3 aromatic rings. The normalized spacial score (nSPS) is 24.7. The Morgan fingerprint density at radius 2 is 2.08 bits per heavy atom. The molecule has 1 unspecified atom stereocenters. The second-order valence-electron chi connectivity index (χ2n) is 10.4. The second kappa shape index (κ2) is 10.9. The van der Waals surface area contributed by atoms with E-state index in [1.165, 1.54) is 5.56 Å². The highest BCUT2D eigenvalue weighted by Crippen LogP contribution is 2.42. The SMILES string of the molecule is COc1ccc2nccc(C(O)CC[C@@H]3CCN(C4CC(c5cccc(C#N)c5)C4)C[C@@H]3C(=O)O)c2c1. The van der Waals surface area contributed by atoms with E-state index in [2.05, 4.69) is 22.0 Å². The maximum Gasteiger partial charge on any atom is 0.308 e. The summed E-state index contributed by atoms with van der Waals surface area (Å²) in [5.41, 5.74) is 3.49. The predicted octanol–water partition coefficient (Wildman–Crippen LogP) is 4.90. The maximum absolute atomic E-state index is 12.2. The number of piperidine rings is 1. The molecule has 2 fully saturated rings. The third-order valence-electron chi connectivity index (χ3n) is 8.37. The monoisotopic (exact) mass is 499 g/mol. The van der Waals surface area contributed by atoms with Gasteiger partial charge in [0.15, 0.2) is 0 Å². The van der Waals surface area contributed by atoms with Crippen LogP contribution >= 0.6 is 0 Å². The molecule has 192 valence electrons. The fourth-order valence-electron chi connectivity index (χ4n) is 6.09. The van der Waals surface area contributed by atoms with Crippen LogP contribution in [0.3, 0.4) is 0 Å². The molecule has 1 saturated carbocycles. The first kappa shape index (κ1) is 25.2. The van der Waals surface area contributed by atoms with E-state index < -0.39 is 18.0 Å². The van der Waals surface area contributed by atoms with Gasteiger partial charge in [0.2, 0.25) is 0 Å². The molecular formula is C30H33N3O4. The molecule has 0 spiro atoms. The van der Waals surface area contributed by atoms with Crippen molar-refractivity contribution < 1.29 is 19.7 Å². The van der Waals surface area contributed by atoms with Crippen molar-refractivity contribution in [2.75, 3.05) is 20.2 Å². The van der Waals surface area contributed by atoms with Gasteiger partial charge in [0.05, 0.1) is 36.3 Å². The highest BCUT2D eigenvalue weighted by Gasteiger charge is 2.41. The van der Waals surface area contributed by atoms with E-state index in [1.807, 2.05) is 42.5 Å². The van der Waals surface area contributed by atoms with Crippen LogP contribution in [-0.4, -0.2) is 52.3 Å². The number of aromatic nitrogens is 1. The van der Waals surface area contributed by atoms with Gasteiger partial charge in [-0.2, -0.15) is 5.26 Å². The number of nitrogens with zero attached hydrogens (tertiary/aromatic N) is 3. The average Bonchev–Trinajstić information content (AvgIpc) is 2.90. The van der Waals surface area contributed by atoms with Gasteiger partial charge in [-0.15, -0.1) is 0 Å². The number of aliphatic hydroxyl groups is 1. The summed E-state index contributed by atoms with van der Waals surface area (Å²) in [4.78, 5) is 19.0. The Hall–Kier alpha value is -3.47. The Morgan fingerprint density at radius 1 is 1.24 bits per heavy atom. The summed E-state index contributed by atoms with van der Waals surface area (Å²) < 4.78 is 5.35. The van der Waals surface area contributed by atoms with Crippen LogP contribution in [0.5, 0.6) is 5.75 Å². The number of carboxylic acid groups (broad SMARTS) is 1. The number of hydrogen-bond acceptors (Lipinski definition) is 6. The fourth-order valence-corrected chi connectivity index (χ4v) is 6.09. The van der Waals surface area contributed by atoms with E-state index >= 15 is 0 Å². The Morgan fingerprint density at radius 3 is 2.84 bits per heavy atom. The zero-order valence-electron chi connectivity index (χ0n) is 21.1. The summed E-state index contributed by atoms with van der Waals surface area (Å²) >= 11 is 0. The molecule has 2 N–H and O–H groups in total. The van der Waals surface area contributed by atoms with Crippen molar-refractivity contribution in [2.24, 2.45) is 11.8 Å². The zero-order chi connectivity index (χ0) is 25.9. The lowest BCUT2D eigenvalue weighted by molar-refractivity contribution is -0.147. The van der Waals surface area contributed by atoms with E-state index in [0.29, 0.717) is 42.7 Å². The van der Waals surface area contributed by atoms with Gasteiger partial charge < -0.3 is 14.9 Å². The van der Waals surface area contributed by atoms with Crippen molar-refractivity contribution in [1.82, 2.24) is 9.88 Å². The molecule has 1 saturated heterocycles. The Bertz CT molecular complexity index is 1310. The maximum atomic E-state index is 12.2. The van der Waals surface area contributed by atoms with Gasteiger partial charge >= 0.3 is 5.97 Å². The standard InChI is InChI=1S/C30H33N3O4/c1-37-24-6-7-28-26(16-24)25(9-11-32-28)29(34)8-5-20-10-12-33(18-27(20)30(35)36)23-14-22(15-23)21-4-2-3-19(13-21)17-31/h2-4,6-7,9,11,13,16,20,22-23,27,29,34H,5,8,10,12,14-15,18H2,1H3,(H,35,36)/t20-,22?,23?,27+,29?/m1/s1. The summed E-state index contributed by atoms with van der Waals surface area (Å²) in [7, 11) is 1.61. The fraction of sp³-hybridized carbons (Fsp3) is 0.433. The molecule has 2 aliphatic rings. The number of benzene rings is 2. The molecule has 37 heavy (non-hydrogen) atoms. The number of aliphatic hydroxyl groups excluding tert-OH is 1. The molecule has 1 aliphatic heterocycles. The number of methoxy groups -OCH3 is 1. The van der Waals surface area contributed by atoms with Gasteiger partial charge in [-0.1, -0.05) is 12.1 Å². The predicted molar refractivity (Wildman–Crippen MR) is 140 cm³/mol. The molecule has 0 bridgehead atoms. The van der Waals surface area contributed by atoms with Gasteiger partial charge in [-0.25, -0.2) is 0 Å². The molecule has 0 amide bonds. The van der Waals surface area contributed by atoms with Gasteiger partial charge in [0, 0.05) is 24.2 Å². The summed E-state index contributed by atoms with van der Waals surface area (Å²) in [5, 5.41) is 31.1. The minimum Gasteiger partial charge on any atom is -0.497 e. The Balaban J connectivity index is 1.19. The summed E-state index contributed by atoms with van der Waals surface area (Å²) in [6.45, 7) is 1.44. The third-order valence-corrected chi connectivity index (χ3v) is 8.37. The first-order chi connectivity index (χ1) is 18.0. The van der Waals surface area contributed by atoms with Crippen LogP contribution in [0.15, 0.2) is 54.7 Å². The number of hydrogen-bond donors (Lipinski definition) is 2. The molecular weight excluding hydrogens is 466 g/mol. The molecule has 2 aromatic carbocycles. The highest BCUT2D eigenvalue weighted by atomic mass is 16.5. The molecule has 1 aliphatic carbocycles. The van der Waals surface area contributed by atoms with Crippen LogP contribution in [0.4, 0.5) is 0 Å². The lowest BCUT2D eigenvalue weighted by Crippen LogP contribution is -2.52. The van der Waals surface area contributed by atoms with E-state index in [1.54, 1.807) is 13.3 Å². The van der Waals surface area contributed by atoms with Crippen LogP contribution in [-0.2, 0) is 4.79 Å². The minimum absolute atomic E-state index is 0.0363. The minimum atomic E-state index is -0.749. The van der Waals surface area contributed by atoms with Gasteiger partial charge in [-0.3, -0.25) is 14.7 Å². The number of fused-ring (bicyclic) bond motifs is 1. The largest absolute Gasteiger partial charge is 0.497 e. The molecule has 7 heteroatoms. The Kier molecular flexibility index (Phi) is 7.40. The Labute approximate surface area is 217 Å². The summed E-state index contributed by atoms with van der Waals surface area (Å²) in [5.74, 6) is -0.00202. The van der Waals surface area contributed by atoms with Crippen LogP contribution in [0.2, 0.25) is 0 Å². The topological polar surface area (TPSA) is 107 Å². The molecule has 5 rings (SSSR count). The lowest BCUT2D eigenvalue weighted by atomic mass is 9.73. The number of carboxylic acids is 1. The number of pyridine rings is 1. The first-order valence-electron chi connectivity index (χ1n) is 13.0. The van der Waals surface area contributed by atoms with E-state index in [9.17, 15) is 15.0 Å². The van der Waals surface area contributed by atoms with E-state index in [0.717, 1.165) is 42.3 Å². The van der Waals surface area contributed by atoms with Crippen LogP contribution in [0, 0.1) is 23.2 Å². The quantitative estimate of drug-likeness (QED) is 0.454. The number of ether oxygens (including phenoxy) is 1. The van der Waals surface area contributed by atoms with Gasteiger partial charge in [-0.05, 0) is 98.0 Å². The number of carbonyl (C=O) groups is 1. The van der Waals surface area contributed by atoms with Crippen molar-refractivity contribution in [3.63, 3.8) is 0 Å². The molecule has 1 aromatic heterocycles. The highest BCUT2D eigenvalue weighted by molar-refractivity contribution is 5.83. The van der Waals surface area contributed by atoms with E-state index in [4.69, 9.17) is 10.00 Å². The van der Waals surface area contributed by atoms with Gasteiger partial charge in [0.1, 0.15) is 5.75 Å². The van der Waals surface area contributed by atoms with Crippen molar-refractivity contribution in [1.29, 1.82) is 5.26 Å². The number of nitriles is 1. The number of rotatable bonds is 8. The lowest BCUT2D eigenvalue weighted by Gasteiger charge is -2.47. The van der Waals surface area contributed by atoms with Crippen molar-refractivity contribution in [2.45, 2.75) is 50.2 Å². The smallest absolute Gasteiger partial charge is 0.308 e. The zero-order valence-corrected chi connectivity index (χ0v) is 21.1.